The number of alkyl halides is 3. The van der Waals surface area contributed by atoms with E-state index in [1.165, 1.54) is 27.7 Å². The largest absolute Gasteiger partial charge is 0.434 e. The Labute approximate surface area is 143 Å². The minimum atomic E-state index is -4.58. The molecule has 0 aliphatic heterocycles. The molecule has 3 rings (SSSR count). The van der Waals surface area contributed by atoms with Crippen LogP contribution in [0.4, 0.5) is 13.2 Å². The van der Waals surface area contributed by atoms with Gasteiger partial charge in [0.25, 0.3) is 0 Å². The number of nitrogens with zero attached hydrogens (tertiary/aromatic N) is 6. The van der Waals surface area contributed by atoms with E-state index < -0.39 is 11.9 Å². The van der Waals surface area contributed by atoms with E-state index in [1.807, 2.05) is 0 Å². The third kappa shape index (κ3) is 3.36. The molecule has 0 aromatic carbocycles. The van der Waals surface area contributed by atoms with Crippen molar-refractivity contribution >= 4 is 23.2 Å². The predicted octanol–water partition coefficient (Wildman–Crippen LogP) is 3.45. The fourth-order valence-electron chi connectivity index (χ4n) is 2.09. The molecule has 24 heavy (non-hydrogen) atoms. The molecule has 0 aliphatic rings. The van der Waals surface area contributed by atoms with Crippen LogP contribution in [0.3, 0.4) is 0 Å². The molecule has 0 amide bonds. The van der Waals surface area contributed by atoms with Crippen LogP contribution in [0.5, 0.6) is 0 Å². The first kappa shape index (κ1) is 16.7. The lowest BCUT2D eigenvalue weighted by Gasteiger charge is -2.06. The zero-order valence-electron chi connectivity index (χ0n) is 12.1. The maximum atomic E-state index is 13.0. The molecule has 3 heterocycles. The van der Waals surface area contributed by atoms with Crippen LogP contribution in [0.25, 0.3) is 11.5 Å². The molecular formula is C13H9Cl2F3N6. The molecule has 6 nitrogen and oxygen atoms in total. The zero-order chi connectivity index (χ0) is 17.5. The minimum absolute atomic E-state index is 0.0155. The maximum Gasteiger partial charge on any atom is 0.434 e. The van der Waals surface area contributed by atoms with Gasteiger partial charge in [0.2, 0.25) is 0 Å². The molecule has 0 unspecified atom stereocenters. The van der Waals surface area contributed by atoms with E-state index in [0.717, 1.165) is 6.20 Å². The van der Waals surface area contributed by atoms with Gasteiger partial charge in [-0.15, -0.1) is 0 Å². The number of hydrogen-bond acceptors (Lipinski definition) is 4. The number of halogens is 5. The average Bonchev–Trinajstić information content (AvgIpc) is 3.04. The summed E-state index contributed by atoms with van der Waals surface area (Å²) in [6.45, 7) is -0.0155. The summed E-state index contributed by atoms with van der Waals surface area (Å²) in [5.74, 6) is 0.350. The molecule has 0 fully saturated rings. The highest BCUT2D eigenvalue weighted by Crippen LogP contribution is 2.31. The van der Waals surface area contributed by atoms with Crippen molar-refractivity contribution in [2.75, 3.05) is 0 Å². The van der Waals surface area contributed by atoms with Gasteiger partial charge in [0.15, 0.2) is 16.7 Å². The van der Waals surface area contributed by atoms with E-state index in [2.05, 4.69) is 20.1 Å². The first-order valence-corrected chi connectivity index (χ1v) is 7.30. The number of hydrogen-bond donors (Lipinski definition) is 0. The van der Waals surface area contributed by atoms with Crippen molar-refractivity contribution < 1.29 is 13.2 Å². The van der Waals surface area contributed by atoms with E-state index in [4.69, 9.17) is 23.2 Å². The van der Waals surface area contributed by atoms with Gasteiger partial charge in [-0.1, -0.05) is 23.2 Å². The van der Waals surface area contributed by atoms with Crippen LogP contribution in [0.15, 0.2) is 24.7 Å². The van der Waals surface area contributed by atoms with Crippen LogP contribution in [-0.4, -0.2) is 29.3 Å². The lowest BCUT2D eigenvalue weighted by atomic mass is 10.4. The lowest BCUT2D eigenvalue weighted by Crippen LogP contribution is -2.07. The highest BCUT2D eigenvalue weighted by atomic mass is 35.5. The van der Waals surface area contributed by atoms with Gasteiger partial charge in [-0.05, 0) is 0 Å². The van der Waals surface area contributed by atoms with E-state index in [-0.39, 0.29) is 17.5 Å². The molecule has 0 N–H and O–H groups in total. The van der Waals surface area contributed by atoms with E-state index in [9.17, 15) is 13.2 Å². The van der Waals surface area contributed by atoms with Gasteiger partial charge in [-0.25, -0.2) is 15.0 Å². The standard InChI is InChI=1S/C13H9Cl2F3N6/c1-23-8(2-10(15)22-23)12-21-9(13(16,17)18)5-24(12)6-11-19-3-7(14)4-20-11/h2-5H,6H2,1H3. The normalized spacial score (nSPS) is 11.9. The summed E-state index contributed by atoms with van der Waals surface area (Å²) in [5, 5.41) is 4.40. The maximum absolute atomic E-state index is 13.0. The van der Waals surface area contributed by atoms with Crippen molar-refractivity contribution in [3.05, 3.63) is 46.4 Å². The molecule has 0 bridgehead atoms. The molecule has 0 aliphatic carbocycles. The van der Waals surface area contributed by atoms with E-state index in [0.29, 0.717) is 16.5 Å². The Kier molecular flexibility index (Phi) is 4.22. The van der Waals surface area contributed by atoms with Gasteiger partial charge in [0.1, 0.15) is 11.5 Å². The topological polar surface area (TPSA) is 61.4 Å². The fraction of sp³-hybridized carbons (Fsp3) is 0.231. The van der Waals surface area contributed by atoms with Gasteiger partial charge in [-0.2, -0.15) is 18.3 Å². The smallest absolute Gasteiger partial charge is 0.321 e. The van der Waals surface area contributed by atoms with Crippen molar-refractivity contribution in [3.63, 3.8) is 0 Å². The molecule has 3 aromatic rings. The van der Waals surface area contributed by atoms with E-state index >= 15 is 0 Å². The Morgan fingerprint density at radius 1 is 1.17 bits per heavy atom. The SMILES string of the molecule is Cn1nc(Cl)cc1-c1nc(C(F)(F)F)cn1Cc1ncc(Cl)cn1. The monoisotopic (exact) mass is 376 g/mol. The van der Waals surface area contributed by atoms with Crippen LogP contribution in [0.1, 0.15) is 11.5 Å². The van der Waals surface area contributed by atoms with E-state index in [1.54, 1.807) is 7.05 Å². The number of imidazole rings is 1. The highest BCUT2D eigenvalue weighted by molar-refractivity contribution is 6.30. The number of aryl methyl sites for hydroxylation is 1. The van der Waals surface area contributed by atoms with Crippen molar-refractivity contribution in [2.45, 2.75) is 12.7 Å². The molecular weight excluding hydrogens is 368 g/mol. The summed E-state index contributed by atoms with van der Waals surface area (Å²) in [5.41, 5.74) is -0.687. The summed E-state index contributed by atoms with van der Waals surface area (Å²) < 4.78 is 41.7. The Balaban J connectivity index is 2.07. The summed E-state index contributed by atoms with van der Waals surface area (Å²) in [6, 6.07) is 1.43. The second kappa shape index (κ2) is 6.06. The molecule has 0 saturated heterocycles. The first-order chi connectivity index (χ1) is 11.2. The average molecular weight is 377 g/mol. The van der Waals surface area contributed by atoms with Gasteiger partial charge < -0.3 is 4.57 Å². The molecule has 0 atom stereocenters. The minimum Gasteiger partial charge on any atom is -0.321 e. The summed E-state index contributed by atoms with van der Waals surface area (Å²) in [6.07, 6.45) is -0.949. The van der Waals surface area contributed by atoms with Crippen LogP contribution in [0.2, 0.25) is 10.2 Å². The Morgan fingerprint density at radius 2 is 1.83 bits per heavy atom. The summed E-state index contributed by atoms with van der Waals surface area (Å²) in [7, 11) is 1.56. The van der Waals surface area contributed by atoms with Gasteiger partial charge in [0, 0.05) is 31.7 Å². The third-order valence-corrected chi connectivity index (χ3v) is 3.51. The van der Waals surface area contributed by atoms with Crippen molar-refractivity contribution in [2.24, 2.45) is 7.05 Å². The molecule has 0 radical (unpaired) electrons. The Hall–Kier alpha value is -2.13. The van der Waals surface area contributed by atoms with Crippen LogP contribution in [-0.2, 0) is 19.8 Å². The molecule has 0 spiro atoms. The number of rotatable bonds is 3. The molecule has 11 heteroatoms. The first-order valence-electron chi connectivity index (χ1n) is 6.55. The fourth-order valence-corrected chi connectivity index (χ4v) is 2.41. The Bertz CT molecular complexity index is 869. The molecule has 126 valence electrons. The summed E-state index contributed by atoms with van der Waals surface area (Å²) in [4.78, 5) is 11.6. The predicted molar refractivity (Wildman–Crippen MR) is 80.6 cm³/mol. The van der Waals surface area contributed by atoms with Gasteiger partial charge >= 0.3 is 6.18 Å². The zero-order valence-corrected chi connectivity index (χ0v) is 13.6. The molecule has 3 aromatic heterocycles. The van der Waals surface area contributed by atoms with Gasteiger partial charge in [-0.3, -0.25) is 4.68 Å². The second-order valence-electron chi connectivity index (χ2n) is 4.87. The van der Waals surface area contributed by atoms with Crippen LogP contribution >= 0.6 is 23.2 Å². The van der Waals surface area contributed by atoms with Crippen LogP contribution in [0, 0.1) is 0 Å². The van der Waals surface area contributed by atoms with Crippen molar-refractivity contribution in [1.82, 2.24) is 29.3 Å². The summed E-state index contributed by atoms with van der Waals surface area (Å²) >= 11 is 11.5. The van der Waals surface area contributed by atoms with Crippen molar-refractivity contribution in [1.29, 1.82) is 0 Å². The highest BCUT2D eigenvalue weighted by Gasteiger charge is 2.35. The number of aromatic nitrogens is 6. The second-order valence-corrected chi connectivity index (χ2v) is 5.69. The third-order valence-electron chi connectivity index (χ3n) is 3.13. The molecule has 0 saturated carbocycles. The van der Waals surface area contributed by atoms with Gasteiger partial charge in [0.05, 0.1) is 11.6 Å². The Morgan fingerprint density at radius 3 is 2.38 bits per heavy atom. The van der Waals surface area contributed by atoms with Crippen molar-refractivity contribution in [3.8, 4) is 11.5 Å². The quantitative estimate of drug-likeness (QED) is 0.702. The van der Waals surface area contributed by atoms with Crippen LogP contribution < -0.4 is 0 Å². The lowest BCUT2D eigenvalue weighted by molar-refractivity contribution is -0.140.